The zero-order valence-corrected chi connectivity index (χ0v) is 12.5. The van der Waals surface area contributed by atoms with Gasteiger partial charge >= 0.3 is 0 Å². The molecule has 100 valence electrons. The van der Waals surface area contributed by atoms with Gasteiger partial charge in [0, 0.05) is 12.6 Å². The van der Waals surface area contributed by atoms with Crippen LogP contribution in [0.3, 0.4) is 0 Å². The van der Waals surface area contributed by atoms with E-state index in [1.54, 1.807) is 6.07 Å². The SMILES string of the molecule is CCN(Cc1cccc(F)c1Br)C1CCCCC1. The zero-order chi connectivity index (χ0) is 13.0. The van der Waals surface area contributed by atoms with Crippen molar-refractivity contribution >= 4 is 15.9 Å². The maximum absolute atomic E-state index is 13.5. The number of rotatable bonds is 4. The van der Waals surface area contributed by atoms with E-state index < -0.39 is 0 Å². The smallest absolute Gasteiger partial charge is 0.137 e. The third-order valence-electron chi connectivity index (χ3n) is 3.90. The van der Waals surface area contributed by atoms with Gasteiger partial charge in [-0.05, 0) is 46.9 Å². The normalized spacial score (nSPS) is 17.3. The van der Waals surface area contributed by atoms with Gasteiger partial charge in [0.05, 0.1) is 4.47 Å². The lowest BCUT2D eigenvalue weighted by atomic mass is 9.94. The van der Waals surface area contributed by atoms with Crippen LogP contribution in [0.15, 0.2) is 22.7 Å². The van der Waals surface area contributed by atoms with Crippen molar-refractivity contribution in [2.75, 3.05) is 6.54 Å². The Morgan fingerprint density at radius 2 is 2.00 bits per heavy atom. The number of halogens is 2. The van der Waals surface area contributed by atoms with Crippen molar-refractivity contribution in [2.45, 2.75) is 51.6 Å². The molecule has 1 nitrogen and oxygen atoms in total. The van der Waals surface area contributed by atoms with E-state index in [-0.39, 0.29) is 5.82 Å². The lowest BCUT2D eigenvalue weighted by Crippen LogP contribution is -2.36. The fraction of sp³-hybridized carbons (Fsp3) is 0.600. The fourth-order valence-electron chi connectivity index (χ4n) is 2.83. The Hall–Kier alpha value is -0.410. The molecule has 1 aliphatic carbocycles. The second-order valence-electron chi connectivity index (χ2n) is 5.07. The molecule has 0 spiro atoms. The Morgan fingerprint density at radius 3 is 2.67 bits per heavy atom. The minimum Gasteiger partial charge on any atom is -0.296 e. The second kappa shape index (κ2) is 6.67. The van der Waals surface area contributed by atoms with Gasteiger partial charge in [-0.15, -0.1) is 0 Å². The highest BCUT2D eigenvalue weighted by Gasteiger charge is 2.20. The first kappa shape index (κ1) is 14.0. The second-order valence-corrected chi connectivity index (χ2v) is 5.86. The van der Waals surface area contributed by atoms with E-state index in [4.69, 9.17) is 0 Å². The van der Waals surface area contributed by atoms with Gasteiger partial charge in [0.15, 0.2) is 0 Å². The van der Waals surface area contributed by atoms with Crippen molar-refractivity contribution in [3.63, 3.8) is 0 Å². The molecule has 0 saturated heterocycles. The topological polar surface area (TPSA) is 3.24 Å². The summed E-state index contributed by atoms with van der Waals surface area (Å²) in [4.78, 5) is 2.48. The van der Waals surface area contributed by atoms with Crippen LogP contribution >= 0.6 is 15.9 Å². The van der Waals surface area contributed by atoms with E-state index in [1.165, 1.54) is 38.2 Å². The predicted octanol–water partition coefficient (Wildman–Crippen LogP) is 4.74. The fourth-order valence-corrected chi connectivity index (χ4v) is 3.22. The summed E-state index contributed by atoms with van der Waals surface area (Å²) in [6, 6.07) is 5.99. The largest absolute Gasteiger partial charge is 0.296 e. The number of nitrogens with zero attached hydrogens (tertiary/aromatic N) is 1. The van der Waals surface area contributed by atoms with E-state index >= 15 is 0 Å². The van der Waals surface area contributed by atoms with Crippen molar-refractivity contribution in [1.29, 1.82) is 0 Å². The maximum atomic E-state index is 13.5. The minimum atomic E-state index is -0.160. The van der Waals surface area contributed by atoms with E-state index in [9.17, 15) is 4.39 Å². The Balaban J connectivity index is 2.07. The van der Waals surface area contributed by atoms with Crippen LogP contribution in [-0.2, 0) is 6.54 Å². The minimum absolute atomic E-state index is 0.160. The summed E-state index contributed by atoms with van der Waals surface area (Å²) in [6.45, 7) is 4.08. The average Bonchev–Trinajstić information content (AvgIpc) is 2.41. The van der Waals surface area contributed by atoms with Crippen LogP contribution in [0.5, 0.6) is 0 Å². The van der Waals surface area contributed by atoms with Gasteiger partial charge in [0.1, 0.15) is 5.82 Å². The number of hydrogen-bond acceptors (Lipinski definition) is 1. The zero-order valence-electron chi connectivity index (χ0n) is 11.0. The molecular formula is C15H21BrFN. The van der Waals surface area contributed by atoms with Crippen molar-refractivity contribution in [3.05, 3.63) is 34.1 Å². The van der Waals surface area contributed by atoms with Gasteiger partial charge in [-0.3, -0.25) is 4.90 Å². The summed E-state index contributed by atoms with van der Waals surface area (Å²) in [5.74, 6) is -0.160. The van der Waals surface area contributed by atoms with Gasteiger partial charge in [-0.25, -0.2) is 4.39 Å². The molecular weight excluding hydrogens is 293 g/mol. The summed E-state index contributed by atoms with van der Waals surface area (Å²) in [5.41, 5.74) is 1.06. The third-order valence-corrected chi connectivity index (χ3v) is 4.79. The summed E-state index contributed by atoms with van der Waals surface area (Å²) in [6.07, 6.45) is 6.64. The van der Waals surface area contributed by atoms with E-state index in [0.29, 0.717) is 10.5 Å². The molecule has 1 saturated carbocycles. The van der Waals surface area contributed by atoms with Crippen LogP contribution < -0.4 is 0 Å². The molecule has 0 bridgehead atoms. The Kier molecular flexibility index (Phi) is 5.19. The average molecular weight is 314 g/mol. The predicted molar refractivity (Wildman–Crippen MR) is 77.1 cm³/mol. The van der Waals surface area contributed by atoms with Crippen molar-refractivity contribution < 1.29 is 4.39 Å². The van der Waals surface area contributed by atoms with Gasteiger partial charge in [-0.2, -0.15) is 0 Å². The summed E-state index contributed by atoms with van der Waals surface area (Å²) in [7, 11) is 0. The molecule has 0 aromatic heterocycles. The molecule has 1 aromatic carbocycles. The molecule has 18 heavy (non-hydrogen) atoms. The Morgan fingerprint density at radius 1 is 1.28 bits per heavy atom. The van der Waals surface area contributed by atoms with E-state index in [1.807, 2.05) is 6.07 Å². The monoisotopic (exact) mass is 313 g/mol. The van der Waals surface area contributed by atoms with Gasteiger partial charge < -0.3 is 0 Å². The van der Waals surface area contributed by atoms with Crippen molar-refractivity contribution in [3.8, 4) is 0 Å². The van der Waals surface area contributed by atoms with Crippen molar-refractivity contribution in [1.82, 2.24) is 4.90 Å². The summed E-state index contributed by atoms with van der Waals surface area (Å²) in [5, 5.41) is 0. The molecule has 0 aliphatic heterocycles. The molecule has 0 unspecified atom stereocenters. The lowest BCUT2D eigenvalue weighted by molar-refractivity contribution is 0.155. The van der Waals surface area contributed by atoms with Crippen LogP contribution in [0, 0.1) is 5.82 Å². The van der Waals surface area contributed by atoms with E-state index in [2.05, 4.69) is 27.8 Å². The van der Waals surface area contributed by atoms with Crippen LogP contribution in [0.4, 0.5) is 4.39 Å². The molecule has 0 heterocycles. The first-order valence-electron chi connectivity index (χ1n) is 6.89. The maximum Gasteiger partial charge on any atom is 0.137 e. The number of hydrogen-bond donors (Lipinski definition) is 0. The Bertz CT molecular complexity index is 388. The van der Waals surface area contributed by atoms with Crippen LogP contribution in [0.25, 0.3) is 0 Å². The molecule has 1 aromatic rings. The summed E-state index contributed by atoms with van der Waals surface area (Å²) >= 11 is 3.36. The van der Waals surface area contributed by atoms with Crippen LogP contribution in [0.2, 0.25) is 0 Å². The first-order chi connectivity index (χ1) is 8.72. The van der Waals surface area contributed by atoms with Gasteiger partial charge in [0.2, 0.25) is 0 Å². The molecule has 1 aliphatic rings. The van der Waals surface area contributed by atoms with E-state index in [0.717, 1.165) is 18.7 Å². The van der Waals surface area contributed by atoms with Crippen LogP contribution in [-0.4, -0.2) is 17.5 Å². The summed E-state index contributed by atoms with van der Waals surface area (Å²) < 4.78 is 14.1. The highest BCUT2D eigenvalue weighted by molar-refractivity contribution is 9.10. The van der Waals surface area contributed by atoms with Gasteiger partial charge in [-0.1, -0.05) is 38.3 Å². The molecule has 0 radical (unpaired) electrons. The lowest BCUT2D eigenvalue weighted by Gasteiger charge is -2.33. The Labute approximate surface area is 118 Å². The first-order valence-corrected chi connectivity index (χ1v) is 7.68. The molecule has 0 N–H and O–H groups in total. The quantitative estimate of drug-likeness (QED) is 0.776. The van der Waals surface area contributed by atoms with Crippen molar-refractivity contribution in [2.24, 2.45) is 0 Å². The standard InChI is InChI=1S/C15H21BrFN/c1-2-18(13-8-4-3-5-9-13)11-12-7-6-10-14(17)15(12)16/h6-7,10,13H,2-5,8-9,11H2,1H3. The number of benzene rings is 1. The van der Waals surface area contributed by atoms with Gasteiger partial charge in [0.25, 0.3) is 0 Å². The molecule has 3 heteroatoms. The highest BCUT2D eigenvalue weighted by atomic mass is 79.9. The molecule has 1 fully saturated rings. The third kappa shape index (κ3) is 3.33. The molecule has 2 rings (SSSR count). The van der Waals surface area contributed by atoms with Crippen LogP contribution in [0.1, 0.15) is 44.6 Å². The molecule has 0 atom stereocenters. The highest BCUT2D eigenvalue weighted by Crippen LogP contribution is 2.27. The molecule has 0 amide bonds.